The van der Waals surface area contributed by atoms with Crippen LogP contribution in [0, 0.1) is 0 Å². The summed E-state index contributed by atoms with van der Waals surface area (Å²) in [4.78, 5) is 28.9. The molecule has 1 amide bonds. The van der Waals surface area contributed by atoms with Crippen molar-refractivity contribution >= 4 is 33.9 Å². The molecule has 3 aromatic carbocycles. The molecule has 0 aliphatic carbocycles. The second-order valence-corrected chi connectivity index (χ2v) is 9.49. The molecule has 1 aromatic heterocycles. The van der Waals surface area contributed by atoms with Crippen LogP contribution in [0.15, 0.2) is 119 Å². The molecule has 0 spiro atoms. The zero-order valence-corrected chi connectivity index (χ0v) is 20.3. The van der Waals surface area contributed by atoms with Crippen LogP contribution in [0.5, 0.6) is 5.75 Å². The molecule has 186 valence electrons. The van der Waals surface area contributed by atoms with Crippen LogP contribution in [0.3, 0.4) is 0 Å². The van der Waals surface area contributed by atoms with Crippen LogP contribution >= 0.6 is 0 Å². The number of ether oxygens (including phenoxy) is 1. The molecule has 0 saturated heterocycles. The van der Waals surface area contributed by atoms with Gasteiger partial charge in [-0.15, -0.1) is 0 Å². The van der Waals surface area contributed by atoms with Gasteiger partial charge in [-0.05, 0) is 66.2 Å². The molecule has 0 bridgehead atoms. The molecular formula is C27H22N4O5S. The van der Waals surface area contributed by atoms with Gasteiger partial charge in [0.05, 0.1) is 16.7 Å². The summed E-state index contributed by atoms with van der Waals surface area (Å²) in [7, 11) is -4.04. The van der Waals surface area contributed by atoms with E-state index in [9.17, 15) is 18.0 Å². The van der Waals surface area contributed by atoms with E-state index in [0.29, 0.717) is 16.9 Å². The standard InChI is InChI=1S/C27H22N4O5S/c32-26(20-31(25-13-7-8-18-28-25)37(34,35)24-11-5-2-6-12-24)30-29-19-21-14-16-23(17-15-21)36-27(33)22-9-3-1-4-10-22/h1-19H,20H2,(H,30,32)/b29-19+. The molecule has 10 heteroatoms. The quantitative estimate of drug-likeness (QED) is 0.158. The fourth-order valence-electron chi connectivity index (χ4n) is 3.22. The second-order valence-electron chi connectivity index (χ2n) is 7.63. The van der Waals surface area contributed by atoms with E-state index in [-0.39, 0.29) is 10.7 Å². The van der Waals surface area contributed by atoms with Crippen LogP contribution < -0.4 is 14.5 Å². The fraction of sp³-hybridized carbons (Fsp3) is 0.0370. The predicted molar refractivity (Wildman–Crippen MR) is 139 cm³/mol. The molecule has 4 rings (SSSR count). The van der Waals surface area contributed by atoms with Gasteiger partial charge in [-0.25, -0.2) is 27.9 Å². The third-order valence-electron chi connectivity index (χ3n) is 5.03. The van der Waals surface area contributed by atoms with Crippen LogP contribution in [0.1, 0.15) is 15.9 Å². The molecule has 37 heavy (non-hydrogen) atoms. The fourth-order valence-corrected chi connectivity index (χ4v) is 4.61. The summed E-state index contributed by atoms with van der Waals surface area (Å²) in [5.74, 6) is -0.676. The molecule has 0 aliphatic rings. The van der Waals surface area contributed by atoms with Crippen molar-refractivity contribution in [2.24, 2.45) is 5.10 Å². The monoisotopic (exact) mass is 514 g/mol. The van der Waals surface area contributed by atoms with Crippen LogP contribution in [0.2, 0.25) is 0 Å². The number of hydrogen-bond acceptors (Lipinski definition) is 7. The zero-order valence-electron chi connectivity index (χ0n) is 19.5. The molecule has 9 nitrogen and oxygen atoms in total. The number of amides is 1. The minimum absolute atomic E-state index is 0.0324. The number of anilines is 1. The van der Waals surface area contributed by atoms with E-state index in [0.717, 1.165) is 4.31 Å². The van der Waals surface area contributed by atoms with Gasteiger partial charge in [0.1, 0.15) is 18.1 Å². The molecule has 0 atom stereocenters. The largest absolute Gasteiger partial charge is 0.423 e. The van der Waals surface area contributed by atoms with Gasteiger partial charge in [-0.3, -0.25) is 4.79 Å². The summed E-state index contributed by atoms with van der Waals surface area (Å²) in [5.41, 5.74) is 3.39. The Hall–Kier alpha value is -4.83. The molecule has 0 aliphatic heterocycles. The van der Waals surface area contributed by atoms with Crippen molar-refractivity contribution in [3.63, 3.8) is 0 Å². The first-order valence-electron chi connectivity index (χ1n) is 11.1. The van der Waals surface area contributed by atoms with Crippen LogP contribution in [0.4, 0.5) is 5.82 Å². The smallest absolute Gasteiger partial charge is 0.343 e. The lowest BCUT2D eigenvalue weighted by atomic mass is 10.2. The lowest BCUT2D eigenvalue weighted by Crippen LogP contribution is -2.40. The van der Waals surface area contributed by atoms with Crippen molar-refractivity contribution in [1.82, 2.24) is 10.4 Å². The van der Waals surface area contributed by atoms with Gasteiger partial charge in [-0.2, -0.15) is 5.10 Å². The average molecular weight is 515 g/mol. The van der Waals surface area contributed by atoms with Gasteiger partial charge in [0.2, 0.25) is 0 Å². The Morgan fingerprint density at radius 1 is 0.865 bits per heavy atom. The first kappa shape index (κ1) is 25.3. The number of benzene rings is 3. The number of hydrogen-bond donors (Lipinski definition) is 1. The summed E-state index contributed by atoms with van der Waals surface area (Å²) < 4.78 is 32.6. The van der Waals surface area contributed by atoms with Crippen LogP contribution in [-0.4, -0.2) is 38.0 Å². The van der Waals surface area contributed by atoms with Crippen molar-refractivity contribution in [1.29, 1.82) is 0 Å². The number of nitrogens with zero attached hydrogens (tertiary/aromatic N) is 3. The molecule has 0 radical (unpaired) electrons. The van der Waals surface area contributed by atoms with E-state index < -0.39 is 28.4 Å². The number of nitrogens with one attached hydrogen (secondary N) is 1. The third kappa shape index (κ3) is 6.65. The topological polar surface area (TPSA) is 118 Å². The van der Waals surface area contributed by atoms with E-state index in [1.807, 2.05) is 6.07 Å². The second kappa shape index (κ2) is 11.7. The number of carbonyl (C=O) groups excluding carboxylic acids is 2. The lowest BCUT2D eigenvalue weighted by molar-refractivity contribution is -0.119. The van der Waals surface area contributed by atoms with E-state index in [4.69, 9.17) is 4.74 Å². The Morgan fingerprint density at radius 3 is 2.16 bits per heavy atom. The SMILES string of the molecule is O=C(CN(c1ccccn1)S(=O)(=O)c1ccccc1)N/N=C/c1ccc(OC(=O)c2ccccc2)cc1. The van der Waals surface area contributed by atoms with Gasteiger partial charge in [0.25, 0.3) is 15.9 Å². The Kier molecular flexibility index (Phi) is 8.01. The first-order chi connectivity index (χ1) is 17.9. The van der Waals surface area contributed by atoms with Gasteiger partial charge < -0.3 is 4.74 Å². The number of hydrazone groups is 1. The van der Waals surface area contributed by atoms with Crippen molar-refractivity contribution in [3.8, 4) is 5.75 Å². The highest BCUT2D eigenvalue weighted by Crippen LogP contribution is 2.21. The van der Waals surface area contributed by atoms with E-state index in [1.54, 1.807) is 78.9 Å². The molecule has 0 unspecified atom stereocenters. The Labute approximate surface area is 214 Å². The van der Waals surface area contributed by atoms with Crippen molar-refractivity contribution in [3.05, 3.63) is 120 Å². The summed E-state index contributed by atoms with van der Waals surface area (Å²) in [6, 6.07) is 27.7. The maximum absolute atomic E-state index is 13.2. The predicted octanol–water partition coefficient (Wildman–Crippen LogP) is 3.65. The van der Waals surface area contributed by atoms with Crippen molar-refractivity contribution < 1.29 is 22.7 Å². The van der Waals surface area contributed by atoms with Gasteiger partial charge in [0.15, 0.2) is 0 Å². The zero-order chi connectivity index (χ0) is 26.1. The summed E-state index contributed by atoms with van der Waals surface area (Å²) in [5, 5.41) is 3.91. The van der Waals surface area contributed by atoms with Crippen molar-refractivity contribution in [2.45, 2.75) is 4.90 Å². The van der Waals surface area contributed by atoms with Gasteiger partial charge in [-0.1, -0.05) is 42.5 Å². The van der Waals surface area contributed by atoms with Gasteiger partial charge in [0, 0.05) is 6.20 Å². The Balaban J connectivity index is 1.39. The number of esters is 1. The van der Waals surface area contributed by atoms with Crippen LogP contribution in [0.25, 0.3) is 0 Å². The maximum Gasteiger partial charge on any atom is 0.343 e. The summed E-state index contributed by atoms with van der Waals surface area (Å²) in [6.07, 6.45) is 2.83. The number of aromatic nitrogens is 1. The highest BCUT2D eigenvalue weighted by atomic mass is 32.2. The average Bonchev–Trinajstić information content (AvgIpc) is 2.94. The highest BCUT2D eigenvalue weighted by Gasteiger charge is 2.27. The van der Waals surface area contributed by atoms with Crippen molar-refractivity contribution in [2.75, 3.05) is 10.8 Å². The Bertz CT molecular complexity index is 1480. The van der Waals surface area contributed by atoms with E-state index in [2.05, 4.69) is 15.5 Å². The van der Waals surface area contributed by atoms with E-state index in [1.165, 1.54) is 30.6 Å². The van der Waals surface area contributed by atoms with E-state index >= 15 is 0 Å². The van der Waals surface area contributed by atoms with Gasteiger partial charge >= 0.3 is 5.97 Å². The summed E-state index contributed by atoms with van der Waals surface area (Å²) >= 11 is 0. The molecule has 1 N–H and O–H groups in total. The molecule has 4 aromatic rings. The number of pyridine rings is 1. The third-order valence-corrected chi connectivity index (χ3v) is 6.79. The maximum atomic E-state index is 13.2. The minimum atomic E-state index is -4.04. The molecular weight excluding hydrogens is 492 g/mol. The minimum Gasteiger partial charge on any atom is -0.423 e. The van der Waals surface area contributed by atoms with Crippen LogP contribution in [-0.2, 0) is 14.8 Å². The number of rotatable bonds is 9. The first-order valence-corrected chi connectivity index (χ1v) is 12.6. The highest BCUT2D eigenvalue weighted by molar-refractivity contribution is 7.92. The Morgan fingerprint density at radius 2 is 1.51 bits per heavy atom. The molecule has 0 fully saturated rings. The molecule has 0 saturated carbocycles. The lowest BCUT2D eigenvalue weighted by Gasteiger charge is -2.22. The summed E-state index contributed by atoms with van der Waals surface area (Å²) in [6.45, 7) is -0.528. The molecule has 1 heterocycles. The number of sulfonamides is 1. The number of carbonyl (C=O) groups is 2. The normalized spacial score (nSPS) is 11.1.